The highest BCUT2D eigenvalue weighted by Gasteiger charge is 2.01. The first-order valence-corrected chi connectivity index (χ1v) is 6.28. The Hall–Kier alpha value is -2.10. The summed E-state index contributed by atoms with van der Waals surface area (Å²) in [7, 11) is 0. The quantitative estimate of drug-likeness (QED) is 0.717. The van der Waals surface area contributed by atoms with Crippen molar-refractivity contribution in [3.8, 4) is 0 Å². The molecular weight excluding hydrogens is 236 g/mol. The number of fused-ring (bicyclic) bond motifs is 1. The molecule has 0 atom stereocenters. The summed E-state index contributed by atoms with van der Waals surface area (Å²) < 4.78 is 0. The first-order valence-electron chi connectivity index (χ1n) is 6.28. The highest BCUT2D eigenvalue weighted by atomic mass is 15.0. The van der Waals surface area contributed by atoms with E-state index in [1.165, 1.54) is 11.1 Å². The predicted octanol–water partition coefficient (Wildman–Crippen LogP) is 1.61. The summed E-state index contributed by atoms with van der Waals surface area (Å²) in [4.78, 5) is 16.5. The molecule has 0 fully saturated rings. The summed E-state index contributed by atoms with van der Waals surface area (Å²) in [6, 6.07) is 4.19. The standard InChI is InChI=1S/C9H10N2.C6H8N2/c1-6-3-4-7(2)9-8(6)10-5-11-9;1-5-3-7-6(2)8-4-5/h3-4H,5H2,1-2H3;3-4H,1-2H3. The van der Waals surface area contributed by atoms with E-state index in [1.807, 2.05) is 26.2 Å². The van der Waals surface area contributed by atoms with Gasteiger partial charge in [-0.3, -0.25) is 9.98 Å². The summed E-state index contributed by atoms with van der Waals surface area (Å²) >= 11 is 0. The maximum atomic E-state index is 4.29. The van der Waals surface area contributed by atoms with Gasteiger partial charge in [-0.15, -0.1) is 0 Å². The Kier molecular flexibility index (Phi) is 4.00. The van der Waals surface area contributed by atoms with E-state index in [9.17, 15) is 0 Å². The first-order chi connectivity index (χ1) is 9.08. The van der Waals surface area contributed by atoms with Gasteiger partial charge in [0.05, 0.1) is 10.7 Å². The summed E-state index contributed by atoms with van der Waals surface area (Å²) in [5.41, 5.74) is 3.56. The van der Waals surface area contributed by atoms with Gasteiger partial charge in [0.15, 0.2) is 0 Å². The molecule has 19 heavy (non-hydrogen) atoms. The molecule has 0 saturated carbocycles. The van der Waals surface area contributed by atoms with Crippen molar-refractivity contribution in [2.45, 2.75) is 27.7 Å². The molecule has 2 heterocycles. The van der Waals surface area contributed by atoms with Gasteiger partial charge >= 0.3 is 0 Å². The number of hydrogen-bond donors (Lipinski definition) is 0. The van der Waals surface area contributed by atoms with E-state index in [-0.39, 0.29) is 0 Å². The van der Waals surface area contributed by atoms with Crippen LogP contribution < -0.4 is 10.7 Å². The fourth-order valence-corrected chi connectivity index (χ4v) is 1.81. The molecule has 0 aliphatic carbocycles. The van der Waals surface area contributed by atoms with E-state index in [0.717, 1.165) is 22.1 Å². The molecular formula is C15H18N4. The maximum absolute atomic E-state index is 4.29. The fraction of sp³-hybridized carbons (Fsp3) is 0.333. The van der Waals surface area contributed by atoms with E-state index in [4.69, 9.17) is 0 Å². The van der Waals surface area contributed by atoms with E-state index >= 15 is 0 Å². The van der Waals surface area contributed by atoms with Crippen LogP contribution in [0.15, 0.2) is 34.5 Å². The average molecular weight is 254 g/mol. The van der Waals surface area contributed by atoms with E-state index in [2.05, 4.69) is 45.9 Å². The van der Waals surface area contributed by atoms with Crippen molar-refractivity contribution in [3.63, 3.8) is 0 Å². The Labute approximate surface area is 113 Å². The second kappa shape index (κ2) is 5.69. The highest BCUT2D eigenvalue weighted by molar-refractivity contribution is 5.20. The van der Waals surface area contributed by atoms with Crippen LogP contribution in [-0.2, 0) is 0 Å². The number of aryl methyl sites for hydroxylation is 4. The molecule has 0 saturated heterocycles. The van der Waals surface area contributed by atoms with Gasteiger partial charge in [-0.25, -0.2) is 9.97 Å². The van der Waals surface area contributed by atoms with Crippen LogP contribution in [0.25, 0.3) is 0 Å². The van der Waals surface area contributed by atoms with Gasteiger partial charge in [0, 0.05) is 12.4 Å². The number of benzene rings is 1. The molecule has 3 rings (SSSR count). The van der Waals surface area contributed by atoms with Gasteiger partial charge in [-0.05, 0) is 44.4 Å². The van der Waals surface area contributed by atoms with Crippen LogP contribution in [0.5, 0.6) is 0 Å². The second-order valence-corrected chi connectivity index (χ2v) is 4.66. The van der Waals surface area contributed by atoms with Gasteiger partial charge in [-0.1, -0.05) is 12.1 Å². The molecule has 0 N–H and O–H groups in total. The Balaban J connectivity index is 0.000000148. The lowest BCUT2D eigenvalue weighted by molar-refractivity contribution is 1.03. The summed E-state index contributed by atoms with van der Waals surface area (Å²) in [6.07, 6.45) is 3.62. The molecule has 0 spiro atoms. The van der Waals surface area contributed by atoms with Gasteiger partial charge in [-0.2, -0.15) is 0 Å². The van der Waals surface area contributed by atoms with Crippen molar-refractivity contribution in [2.75, 3.05) is 6.67 Å². The number of rotatable bonds is 0. The van der Waals surface area contributed by atoms with E-state index < -0.39 is 0 Å². The third kappa shape index (κ3) is 3.22. The molecule has 0 unspecified atom stereocenters. The summed E-state index contributed by atoms with van der Waals surface area (Å²) in [6.45, 7) is 8.60. The largest absolute Gasteiger partial charge is 0.259 e. The van der Waals surface area contributed by atoms with Gasteiger partial charge < -0.3 is 0 Å². The predicted molar refractivity (Wildman–Crippen MR) is 74.6 cm³/mol. The van der Waals surface area contributed by atoms with Crippen molar-refractivity contribution in [1.82, 2.24) is 9.97 Å². The molecule has 98 valence electrons. The lowest BCUT2D eigenvalue weighted by atomic mass is 10.1. The van der Waals surface area contributed by atoms with Gasteiger partial charge in [0.1, 0.15) is 12.5 Å². The van der Waals surface area contributed by atoms with Crippen LogP contribution in [0.3, 0.4) is 0 Å². The lowest BCUT2D eigenvalue weighted by Crippen LogP contribution is -2.26. The molecule has 4 heteroatoms. The molecule has 1 aromatic heterocycles. The molecule has 4 nitrogen and oxygen atoms in total. The zero-order valence-corrected chi connectivity index (χ0v) is 11.8. The molecule has 0 bridgehead atoms. The summed E-state index contributed by atoms with van der Waals surface area (Å²) in [5, 5.41) is 2.18. The van der Waals surface area contributed by atoms with Crippen LogP contribution in [-0.4, -0.2) is 16.6 Å². The molecule has 1 aromatic carbocycles. The van der Waals surface area contributed by atoms with Gasteiger partial charge in [0.2, 0.25) is 0 Å². The van der Waals surface area contributed by atoms with Crippen LogP contribution in [0.2, 0.25) is 0 Å². The SMILES string of the molecule is Cc1ccc(C)c2c1=NCN=2.Cc1cnc(C)nc1. The fourth-order valence-electron chi connectivity index (χ4n) is 1.81. The zero-order valence-electron chi connectivity index (χ0n) is 11.8. The van der Waals surface area contributed by atoms with Crippen molar-refractivity contribution < 1.29 is 0 Å². The minimum Gasteiger partial charge on any atom is -0.259 e. The zero-order chi connectivity index (χ0) is 13.8. The highest BCUT2D eigenvalue weighted by Crippen LogP contribution is 1.92. The van der Waals surface area contributed by atoms with Crippen molar-refractivity contribution >= 4 is 0 Å². The molecule has 2 aromatic rings. The van der Waals surface area contributed by atoms with Crippen LogP contribution >= 0.6 is 0 Å². The average Bonchev–Trinajstić information content (AvgIpc) is 2.89. The van der Waals surface area contributed by atoms with E-state index in [0.29, 0.717) is 6.67 Å². The Morgan fingerprint density at radius 1 is 0.789 bits per heavy atom. The molecule has 1 aliphatic heterocycles. The Morgan fingerprint density at radius 3 is 1.68 bits per heavy atom. The maximum Gasteiger partial charge on any atom is 0.130 e. The summed E-state index contributed by atoms with van der Waals surface area (Å²) in [5.74, 6) is 0.829. The first kappa shape index (κ1) is 13.3. The van der Waals surface area contributed by atoms with Crippen LogP contribution in [0, 0.1) is 27.7 Å². The Bertz CT molecular complexity index is 627. The Morgan fingerprint density at radius 2 is 1.26 bits per heavy atom. The number of hydrogen-bond acceptors (Lipinski definition) is 4. The van der Waals surface area contributed by atoms with Crippen molar-refractivity contribution in [3.05, 3.63) is 57.8 Å². The third-order valence-electron chi connectivity index (χ3n) is 2.92. The van der Waals surface area contributed by atoms with Crippen LogP contribution in [0.4, 0.5) is 0 Å². The third-order valence-corrected chi connectivity index (χ3v) is 2.92. The second-order valence-electron chi connectivity index (χ2n) is 4.66. The smallest absolute Gasteiger partial charge is 0.130 e. The normalized spacial score (nSPS) is 11.8. The van der Waals surface area contributed by atoms with Crippen molar-refractivity contribution in [2.24, 2.45) is 9.98 Å². The lowest BCUT2D eigenvalue weighted by Gasteiger charge is -1.93. The molecule has 1 aliphatic rings. The number of aromatic nitrogens is 2. The topological polar surface area (TPSA) is 50.5 Å². The molecule has 0 radical (unpaired) electrons. The minimum absolute atomic E-state index is 0.612. The van der Waals surface area contributed by atoms with Gasteiger partial charge in [0.25, 0.3) is 0 Å². The minimum atomic E-state index is 0.612. The number of nitrogens with zero attached hydrogens (tertiary/aromatic N) is 4. The van der Waals surface area contributed by atoms with E-state index in [1.54, 1.807) is 0 Å². The monoisotopic (exact) mass is 254 g/mol. The van der Waals surface area contributed by atoms with Crippen molar-refractivity contribution in [1.29, 1.82) is 0 Å². The molecule has 0 amide bonds. The van der Waals surface area contributed by atoms with Crippen LogP contribution in [0.1, 0.15) is 22.5 Å².